The molecule has 15 heavy (non-hydrogen) atoms. The molecule has 0 spiro atoms. The van der Waals surface area contributed by atoms with Crippen molar-refractivity contribution in [2.45, 2.75) is 0 Å². The maximum atomic E-state index is 6.43. The maximum Gasteiger partial charge on any atom is 0.328 e. The Labute approximate surface area is 99.1 Å². The molecule has 2 rings (SSSR count). The minimum absolute atomic E-state index is 0.777. The second-order valence-corrected chi connectivity index (χ2v) is 9.38. The molecule has 0 unspecified atom stereocenters. The zero-order chi connectivity index (χ0) is 10.7. The van der Waals surface area contributed by atoms with E-state index in [9.17, 15) is 0 Å². The van der Waals surface area contributed by atoms with Crippen LogP contribution in [0.2, 0.25) is 0 Å². The molecule has 0 fully saturated rings. The highest BCUT2D eigenvalue weighted by Gasteiger charge is 2.34. The van der Waals surface area contributed by atoms with Gasteiger partial charge < -0.3 is 0 Å². The van der Waals surface area contributed by atoms with Crippen molar-refractivity contribution >= 4 is 39.4 Å². The van der Waals surface area contributed by atoms with Crippen molar-refractivity contribution < 1.29 is 0 Å². The van der Waals surface area contributed by atoms with Crippen molar-refractivity contribution in [2.24, 2.45) is 0 Å². The summed E-state index contributed by atoms with van der Waals surface area (Å²) in [6, 6.07) is 15.3. The number of benzene rings is 1. The van der Waals surface area contributed by atoms with E-state index in [4.69, 9.17) is 22.2 Å². The van der Waals surface area contributed by atoms with Crippen LogP contribution in [0.1, 0.15) is 0 Å². The van der Waals surface area contributed by atoms with Crippen LogP contribution in [0.25, 0.3) is 0 Å². The minimum Gasteiger partial charge on any atom is -0.263 e. The fraction of sp³-hybridized carbons (Fsp3) is 0. The first-order valence-electron chi connectivity index (χ1n) is 4.56. The van der Waals surface area contributed by atoms with Crippen molar-refractivity contribution in [1.82, 2.24) is 4.98 Å². The Balaban J connectivity index is 2.44. The summed E-state index contributed by atoms with van der Waals surface area (Å²) in [6.07, 6.45) is 1.71. The van der Waals surface area contributed by atoms with Crippen LogP contribution in [0.15, 0.2) is 54.7 Å². The predicted octanol–water partition coefficient (Wildman–Crippen LogP) is 2.12. The number of pyridine rings is 1. The third kappa shape index (κ3) is 2.22. The highest BCUT2D eigenvalue weighted by atomic mass is 35.7. The van der Waals surface area contributed by atoms with Gasteiger partial charge in [-0.1, -0.05) is 36.4 Å². The van der Waals surface area contributed by atoms with Gasteiger partial charge in [-0.2, -0.15) is 0 Å². The van der Waals surface area contributed by atoms with E-state index < -0.39 is 6.69 Å². The van der Waals surface area contributed by atoms with Crippen molar-refractivity contribution in [2.75, 3.05) is 0 Å². The molecule has 0 aliphatic carbocycles. The van der Waals surface area contributed by atoms with E-state index in [0.717, 1.165) is 10.5 Å². The van der Waals surface area contributed by atoms with Crippen LogP contribution in [0.3, 0.4) is 0 Å². The van der Waals surface area contributed by atoms with E-state index in [1.165, 1.54) is 0 Å². The lowest BCUT2D eigenvalue weighted by Gasteiger charge is -2.15. The minimum atomic E-state index is -2.62. The van der Waals surface area contributed by atoms with Crippen molar-refractivity contribution in [1.29, 1.82) is 0 Å². The van der Waals surface area contributed by atoms with Gasteiger partial charge in [0.2, 0.25) is 0 Å². The first kappa shape index (κ1) is 10.7. The van der Waals surface area contributed by atoms with E-state index in [-0.39, 0.29) is 0 Å². The monoisotopic (exact) mass is 253 g/mol. The summed E-state index contributed by atoms with van der Waals surface area (Å²) in [7, 11) is 0. The molecular weight excluding hydrogens is 245 g/mol. The number of hydrogen-bond acceptors (Lipinski definition) is 1. The molecule has 0 saturated heterocycles. The molecule has 1 aromatic carbocycles. The lowest BCUT2D eigenvalue weighted by molar-refractivity contribution is 1.38. The largest absolute Gasteiger partial charge is 0.328 e. The van der Waals surface area contributed by atoms with Gasteiger partial charge in [-0.05, 0) is 17.3 Å². The average molecular weight is 254 g/mol. The van der Waals surface area contributed by atoms with Crippen LogP contribution in [0.5, 0.6) is 0 Å². The number of hydrogen-bond donors (Lipinski definition) is 0. The molecule has 0 bridgehead atoms. The smallest absolute Gasteiger partial charge is 0.263 e. The Morgan fingerprint density at radius 2 is 1.53 bits per heavy atom. The van der Waals surface area contributed by atoms with Crippen LogP contribution < -0.4 is 10.5 Å². The summed E-state index contributed by atoms with van der Waals surface area (Å²) in [6.45, 7) is -2.62. The van der Waals surface area contributed by atoms with Gasteiger partial charge in [0.1, 0.15) is 0 Å². The summed E-state index contributed by atoms with van der Waals surface area (Å²) >= 11 is 12.9. The van der Waals surface area contributed by atoms with Crippen molar-refractivity contribution in [3.05, 3.63) is 54.7 Å². The third-order valence-electron chi connectivity index (χ3n) is 2.12. The summed E-state index contributed by atoms with van der Waals surface area (Å²) in [4.78, 5) is 4.22. The van der Waals surface area contributed by atoms with E-state index in [2.05, 4.69) is 4.98 Å². The molecular formula is C11H9Cl2NSi. The molecule has 76 valence electrons. The van der Waals surface area contributed by atoms with E-state index in [1.807, 2.05) is 48.5 Å². The zero-order valence-electron chi connectivity index (χ0n) is 7.90. The summed E-state index contributed by atoms with van der Waals surface area (Å²) in [5.41, 5.74) is 0. The molecule has 1 heterocycles. The Morgan fingerprint density at radius 1 is 0.867 bits per heavy atom. The van der Waals surface area contributed by atoms with Gasteiger partial charge in [-0.15, -0.1) is 22.2 Å². The first-order chi connectivity index (χ1) is 7.21. The fourth-order valence-electron chi connectivity index (χ4n) is 1.34. The van der Waals surface area contributed by atoms with Gasteiger partial charge in [0.15, 0.2) is 0 Å². The topological polar surface area (TPSA) is 12.9 Å². The standard InChI is InChI=1S/C11H9Cl2NSi/c12-15(13,10-6-2-1-3-7-10)11-8-4-5-9-14-11/h1-9H. The lowest BCUT2D eigenvalue weighted by atomic mass is 10.4. The van der Waals surface area contributed by atoms with Crippen LogP contribution in [0.4, 0.5) is 0 Å². The number of rotatable bonds is 2. The molecule has 1 nitrogen and oxygen atoms in total. The second kappa shape index (κ2) is 4.35. The molecule has 2 aromatic rings. The SMILES string of the molecule is Cl[Si](Cl)(c1ccccc1)c1ccccn1. The van der Waals surface area contributed by atoms with Crippen LogP contribution >= 0.6 is 22.2 Å². The van der Waals surface area contributed by atoms with Crippen LogP contribution in [-0.2, 0) is 0 Å². The molecule has 0 aliphatic heterocycles. The van der Waals surface area contributed by atoms with Gasteiger partial charge in [-0.25, -0.2) is 0 Å². The predicted molar refractivity (Wildman–Crippen MR) is 67.4 cm³/mol. The third-order valence-corrected chi connectivity index (χ3v) is 6.59. The summed E-state index contributed by atoms with van der Waals surface area (Å²) in [5, 5.41) is 1.74. The Bertz CT molecular complexity index is 389. The number of nitrogens with zero attached hydrogens (tertiary/aromatic N) is 1. The van der Waals surface area contributed by atoms with E-state index in [0.29, 0.717) is 0 Å². The Hall–Kier alpha value is -0.833. The second-order valence-electron chi connectivity index (χ2n) is 3.16. The van der Waals surface area contributed by atoms with Gasteiger partial charge in [0.25, 0.3) is 0 Å². The molecule has 0 radical (unpaired) electrons. The van der Waals surface area contributed by atoms with Crippen LogP contribution in [0, 0.1) is 0 Å². The first-order valence-corrected chi connectivity index (χ1v) is 8.58. The van der Waals surface area contributed by atoms with E-state index >= 15 is 0 Å². The quantitative estimate of drug-likeness (QED) is 0.591. The number of halogens is 2. The average Bonchev–Trinajstić information content (AvgIpc) is 2.31. The van der Waals surface area contributed by atoms with Gasteiger partial charge in [0, 0.05) is 6.20 Å². The van der Waals surface area contributed by atoms with E-state index in [1.54, 1.807) is 6.20 Å². The summed E-state index contributed by atoms with van der Waals surface area (Å²) in [5.74, 6) is 0. The fourth-order valence-corrected chi connectivity index (χ4v) is 4.22. The molecule has 0 N–H and O–H groups in total. The van der Waals surface area contributed by atoms with Crippen molar-refractivity contribution in [3.8, 4) is 0 Å². The maximum absolute atomic E-state index is 6.43. The Morgan fingerprint density at radius 3 is 2.13 bits per heavy atom. The lowest BCUT2D eigenvalue weighted by Crippen LogP contribution is -2.49. The Kier molecular flexibility index (Phi) is 3.10. The van der Waals surface area contributed by atoms with Crippen LogP contribution in [-0.4, -0.2) is 11.7 Å². The molecule has 4 heteroatoms. The highest BCUT2D eigenvalue weighted by Crippen LogP contribution is 2.13. The van der Waals surface area contributed by atoms with Crippen molar-refractivity contribution in [3.63, 3.8) is 0 Å². The normalized spacial score (nSPS) is 11.3. The summed E-state index contributed by atoms with van der Waals surface area (Å²) < 4.78 is 0. The van der Waals surface area contributed by atoms with Gasteiger partial charge >= 0.3 is 6.69 Å². The molecule has 0 aliphatic rings. The zero-order valence-corrected chi connectivity index (χ0v) is 10.4. The molecule has 0 amide bonds. The molecule has 0 saturated carbocycles. The highest BCUT2D eigenvalue weighted by molar-refractivity contribution is 7.56. The number of aromatic nitrogens is 1. The molecule has 1 aromatic heterocycles. The van der Waals surface area contributed by atoms with Gasteiger partial charge in [-0.3, -0.25) is 4.98 Å². The van der Waals surface area contributed by atoms with Gasteiger partial charge in [0.05, 0.1) is 5.32 Å². The molecule has 0 atom stereocenters.